The minimum Gasteiger partial charge on any atom is -0.486 e. The Kier molecular flexibility index (Phi) is 6.03. The molecule has 2 aliphatic rings. The third kappa shape index (κ3) is 4.66. The fourth-order valence-electron chi connectivity index (χ4n) is 4.41. The van der Waals surface area contributed by atoms with Gasteiger partial charge in [-0.3, -0.25) is 0 Å². The highest BCUT2D eigenvalue weighted by atomic mass is 19.4. The molecule has 0 bridgehead atoms. The predicted octanol–water partition coefficient (Wildman–Crippen LogP) is 6.76. The summed E-state index contributed by atoms with van der Waals surface area (Å²) < 4.78 is 49.1. The number of rotatable bonds is 5. The van der Waals surface area contributed by atoms with Gasteiger partial charge in [-0.25, -0.2) is 0 Å². The van der Waals surface area contributed by atoms with Gasteiger partial charge in [-0.05, 0) is 74.0 Å². The fourth-order valence-corrected chi connectivity index (χ4v) is 4.41. The minimum atomic E-state index is -4.70. The number of fused-ring (bicyclic) bond motifs is 1. The Morgan fingerprint density at radius 1 is 1.08 bits per heavy atom. The Hall–Kier alpha value is -1.39. The average molecular weight is 370 g/mol. The topological polar surface area (TPSA) is 18.5 Å². The van der Waals surface area contributed by atoms with Gasteiger partial charge < -0.3 is 9.47 Å². The second-order valence-corrected chi connectivity index (χ2v) is 7.75. The number of hydrogen-bond acceptors (Lipinski definition) is 2. The lowest BCUT2D eigenvalue weighted by Crippen LogP contribution is -2.25. The van der Waals surface area contributed by atoms with Crippen LogP contribution >= 0.6 is 0 Å². The summed E-state index contributed by atoms with van der Waals surface area (Å²) >= 11 is 0. The van der Waals surface area contributed by atoms with Crippen LogP contribution in [0.5, 0.6) is 11.5 Å². The Balaban J connectivity index is 1.87. The number of aryl methyl sites for hydroxylation is 1. The van der Waals surface area contributed by atoms with Crippen molar-refractivity contribution in [2.24, 2.45) is 5.92 Å². The van der Waals surface area contributed by atoms with Crippen LogP contribution < -0.4 is 9.47 Å². The molecule has 1 saturated carbocycles. The summed E-state index contributed by atoms with van der Waals surface area (Å²) in [5.41, 5.74) is 1.85. The van der Waals surface area contributed by atoms with Gasteiger partial charge in [0, 0.05) is 0 Å². The Labute approximate surface area is 154 Å². The number of hydrogen-bond donors (Lipinski definition) is 0. The van der Waals surface area contributed by atoms with E-state index in [4.69, 9.17) is 4.74 Å². The second-order valence-electron chi connectivity index (χ2n) is 7.75. The molecule has 0 amide bonds. The zero-order valence-electron chi connectivity index (χ0n) is 15.7. The van der Waals surface area contributed by atoms with Crippen molar-refractivity contribution >= 4 is 0 Å². The number of ether oxygens (including phenoxy) is 2. The first-order chi connectivity index (χ1) is 12.4. The normalized spacial score (nSPS) is 26.1. The number of alkyl halides is 3. The van der Waals surface area contributed by atoms with Gasteiger partial charge in [-0.2, -0.15) is 0 Å². The molecule has 26 heavy (non-hydrogen) atoms. The molecule has 0 spiro atoms. The van der Waals surface area contributed by atoms with Crippen LogP contribution in [0.2, 0.25) is 0 Å². The van der Waals surface area contributed by atoms with Gasteiger partial charge in [0.2, 0.25) is 0 Å². The highest BCUT2D eigenvalue weighted by molar-refractivity contribution is 5.51. The Bertz CT molecular complexity index is 604. The van der Waals surface area contributed by atoms with Crippen molar-refractivity contribution in [3.05, 3.63) is 23.3 Å². The molecule has 1 unspecified atom stereocenters. The average Bonchev–Trinajstić information content (AvgIpc) is 2.61. The molecule has 1 atom stereocenters. The lowest BCUT2D eigenvalue weighted by molar-refractivity contribution is -0.275. The smallest absolute Gasteiger partial charge is 0.486 e. The summed E-state index contributed by atoms with van der Waals surface area (Å²) in [6, 6.07) is 3.65. The van der Waals surface area contributed by atoms with Gasteiger partial charge in [0.25, 0.3) is 0 Å². The van der Waals surface area contributed by atoms with E-state index in [2.05, 4.69) is 24.7 Å². The van der Waals surface area contributed by atoms with Crippen LogP contribution in [0.3, 0.4) is 0 Å². The van der Waals surface area contributed by atoms with Gasteiger partial charge in [-0.1, -0.05) is 32.8 Å². The maximum Gasteiger partial charge on any atom is 0.573 e. The number of halogens is 3. The summed E-state index contributed by atoms with van der Waals surface area (Å²) in [6.07, 6.45) is 4.29. The molecular weight excluding hydrogens is 341 g/mol. The Morgan fingerprint density at radius 3 is 2.42 bits per heavy atom. The molecule has 146 valence electrons. The van der Waals surface area contributed by atoms with E-state index in [1.807, 2.05) is 0 Å². The summed E-state index contributed by atoms with van der Waals surface area (Å²) in [6.45, 7) is 4.27. The van der Waals surface area contributed by atoms with Crippen molar-refractivity contribution in [1.29, 1.82) is 0 Å². The molecule has 0 saturated heterocycles. The SMILES string of the molecule is CCCC1CCc2cc(C3CCC(CC)CC3)cc(OC(F)(F)F)c2O1. The van der Waals surface area contributed by atoms with Gasteiger partial charge in [-0.15, -0.1) is 13.2 Å². The van der Waals surface area contributed by atoms with Crippen LogP contribution in [-0.4, -0.2) is 12.5 Å². The Morgan fingerprint density at radius 2 is 1.81 bits per heavy atom. The molecule has 1 heterocycles. The fraction of sp³-hybridized carbons (Fsp3) is 0.714. The molecule has 1 aliphatic carbocycles. The van der Waals surface area contributed by atoms with Crippen molar-refractivity contribution < 1.29 is 22.6 Å². The van der Waals surface area contributed by atoms with Crippen LogP contribution in [0.15, 0.2) is 12.1 Å². The van der Waals surface area contributed by atoms with Crippen molar-refractivity contribution in [3.63, 3.8) is 0 Å². The molecule has 0 N–H and O–H groups in total. The van der Waals surface area contributed by atoms with Crippen molar-refractivity contribution in [3.8, 4) is 11.5 Å². The first-order valence-electron chi connectivity index (χ1n) is 9.98. The largest absolute Gasteiger partial charge is 0.573 e. The molecule has 0 aromatic heterocycles. The van der Waals surface area contributed by atoms with E-state index in [-0.39, 0.29) is 11.9 Å². The van der Waals surface area contributed by atoms with E-state index in [0.717, 1.165) is 68.4 Å². The monoisotopic (exact) mass is 370 g/mol. The zero-order chi connectivity index (χ0) is 18.7. The molecular formula is C21H29F3O2. The third-order valence-electron chi connectivity index (χ3n) is 5.91. The lowest BCUT2D eigenvalue weighted by Gasteiger charge is -2.31. The molecule has 1 aromatic carbocycles. The van der Waals surface area contributed by atoms with Crippen LogP contribution in [0, 0.1) is 5.92 Å². The first kappa shape index (κ1) is 19.4. The molecule has 2 nitrogen and oxygen atoms in total. The molecule has 0 radical (unpaired) electrons. The van der Waals surface area contributed by atoms with Crippen molar-refractivity contribution in [2.45, 2.75) is 90.0 Å². The van der Waals surface area contributed by atoms with E-state index in [0.29, 0.717) is 11.7 Å². The van der Waals surface area contributed by atoms with E-state index in [9.17, 15) is 13.2 Å². The van der Waals surface area contributed by atoms with Crippen molar-refractivity contribution in [1.82, 2.24) is 0 Å². The maximum absolute atomic E-state index is 12.9. The maximum atomic E-state index is 12.9. The highest BCUT2D eigenvalue weighted by Gasteiger charge is 2.35. The summed E-state index contributed by atoms with van der Waals surface area (Å²) in [4.78, 5) is 0. The standard InChI is InChI=1S/C21H29F3O2/c1-3-5-18-11-10-16-12-17(15-8-6-14(4-2)7-9-15)13-19(20(16)25-18)26-21(22,23)24/h12-15,18H,3-11H2,1-2H3. The van der Waals surface area contributed by atoms with Gasteiger partial charge in [0.1, 0.15) is 0 Å². The zero-order valence-corrected chi connectivity index (χ0v) is 15.7. The van der Waals surface area contributed by atoms with Crippen LogP contribution in [0.4, 0.5) is 13.2 Å². The van der Waals surface area contributed by atoms with E-state index in [1.165, 1.54) is 6.42 Å². The summed E-state index contributed by atoms with van der Waals surface area (Å²) in [7, 11) is 0. The third-order valence-corrected chi connectivity index (χ3v) is 5.91. The van der Waals surface area contributed by atoms with E-state index < -0.39 is 6.36 Å². The van der Waals surface area contributed by atoms with Crippen LogP contribution in [-0.2, 0) is 6.42 Å². The van der Waals surface area contributed by atoms with Crippen LogP contribution in [0.1, 0.15) is 82.3 Å². The molecule has 1 fully saturated rings. The quantitative estimate of drug-likeness (QED) is 0.570. The molecule has 5 heteroatoms. The second kappa shape index (κ2) is 8.10. The highest BCUT2D eigenvalue weighted by Crippen LogP contribution is 2.45. The van der Waals surface area contributed by atoms with Crippen molar-refractivity contribution in [2.75, 3.05) is 0 Å². The van der Waals surface area contributed by atoms with Gasteiger partial charge in [0.15, 0.2) is 11.5 Å². The van der Waals surface area contributed by atoms with Gasteiger partial charge >= 0.3 is 6.36 Å². The first-order valence-corrected chi connectivity index (χ1v) is 9.98. The van der Waals surface area contributed by atoms with Gasteiger partial charge in [0.05, 0.1) is 6.10 Å². The summed E-state index contributed by atoms with van der Waals surface area (Å²) in [5.74, 6) is 1.24. The lowest BCUT2D eigenvalue weighted by atomic mass is 9.77. The molecule has 1 aliphatic heterocycles. The predicted molar refractivity (Wildman–Crippen MR) is 95.8 cm³/mol. The molecule has 1 aromatic rings. The van der Waals surface area contributed by atoms with E-state index in [1.54, 1.807) is 6.07 Å². The molecule has 3 rings (SSSR count). The van der Waals surface area contributed by atoms with Crippen LogP contribution in [0.25, 0.3) is 0 Å². The summed E-state index contributed by atoms with van der Waals surface area (Å²) in [5, 5.41) is 0. The van der Waals surface area contributed by atoms with E-state index >= 15 is 0 Å². The number of benzene rings is 1. The minimum absolute atomic E-state index is 0.0195.